The van der Waals surface area contributed by atoms with E-state index in [4.69, 9.17) is 4.74 Å². The van der Waals surface area contributed by atoms with E-state index in [-0.39, 0.29) is 0 Å². The summed E-state index contributed by atoms with van der Waals surface area (Å²) in [5.74, 6) is 0. The van der Waals surface area contributed by atoms with Crippen LogP contribution >= 0.6 is 15.9 Å². The fourth-order valence-electron chi connectivity index (χ4n) is 2.39. The summed E-state index contributed by atoms with van der Waals surface area (Å²) in [7, 11) is 0. The molecular formula is C15H23BrN2O. The van der Waals surface area contributed by atoms with Crippen LogP contribution in [0, 0.1) is 6.92 Å². The van der Waals surface area contributed by atoms with Gasteiger partial charge in [-0.15, -0.1) is 0 Å². The van der Waals surface area contributed by atoms with E-state index >= 15 is 0 Å². The van der Waals surface area contributed by atoms with E-state index in [1.54, 1.807) is 0 Å². The molecule has 3 nitrogen and oxygen atoms in total. The van der Waals surface area contributed by atoms with Gasteiger partial charge in [0.1, 0.15) is 0 Å². The molecule has 1 aliphatic rings. The van der Waals surface area contributed by atoms with Crippen molar-refractivity contribution in [2.45, 2.75) is 26.5 Å². The third kappa shape index (κ3) is 4.56. The number of halogens is 1. The highest BCUT2D eigenvalue weighted by Crippen LogP contribution is 2.17. The highest BCUT2D eigenvalue weighted by molar-refractivity contribution is 9.10. The number of morpholine rings is 1. The molecule has 0 amide bonds. The van der Waals surface area contributed by atoms with E-state index in [0.717, 1.165) is 39.3 Å². The van der Waals surface area contributed by atoms with Crippen LogP contribution in [0.15, 0.2) is 22.7 Å². The van der Waals surface area contributed by atoms with Crippen molar-refractivity contribution in [1.82, 2.24) is 10.2 Å². The minimum atomic E-state index is 0.324. The Balaban J connectivity index is 1.75. The van der Waals surface area contributed by atoms with Gasteiger partial charge in [0, 0.05) is 30.7 Å². The van der Waals surface area contributed by atoms with Gasteiger partial charge in [0.25, 0.3) is 0 Å². The quantitative estimate of drug-likeness (QED) is 0.900. The third-order valence-corrected chi connectivity index (χ3v) is 4.48. The first-order valence-electron chi connectivity index (χ1n) is 6.98. The number of hydrogen-bond acceptors (Lipinski definition) is 3. The second-order valence-corrected chi connectivity index (χ2v) is 5.95. The van der Waals surface area contributed by atoms with Crippen molar-refractivity contribution < 1.29 is 4.74 Å². The van der Waals surface area contributed by atoms with Crippen LogP contribution in [-0.4, -0.2) is 43.8 Å². The van der Waals surface area contributed by atoms with Crippen molar-refractivity contribution in [3.05, 3.63) is 33.8 Å². The molecule has 0 radical (unpaired) electrons. The number of rotatable bonds is 5. The summed E-state index contributed by atoms with van der Waals surface area (Å²) in [5.41, 5.74) is 2.61. The Labute approximate surface area is 124 Å². The van der Waals surface area contributed by atoms with Gasteiger partial charge in [-0.25, -0.2) is 0 Å². The summed E-state index contributed by atoms with van der Waals surface area (Å²) in [5, 5.41) is 3.50. The maximum atomic E-state index is 5.78. The van der Waals surface area contributed by atoms with Gasteiger partial charge in [0.2, 0.25) is 0 Å². The molecule has 0 bridgehead atoms. The van der Waals surface area contributed by atoms with Crippen LogP contribution in [0.25, 0.3) is 0 Å². The van der Waals surface area contributed by atoms with Gasteiger partial charge in [0.05, 0.1) is 12.7 Å². The molecule has 1 aliphatic heterocycles. The van der Waals surface area contributed by atoms with Gasteiger partial charge in [-0.3, -0.25) is 4.90 Å². The Bertz CT molecular complexity index is 411. The van der Waals surface area contributed by atoms with E-state index in [1.807, 2.05) is 0 Å². The van der Waals surface area contributed by atoms with Gasteiger partial charge < -0.3 is 10.1 Å². The summed E-state index contributed by atoms with van der Waals surface area (Å²) < 4.78 is 6.95. The molecule has 0 spiro atoms. The van der Waals surface area contributed by atoms with E-state index in [9.17, 15) is 0 Å². The summed E-state index contributed by atoms with van der Waals surface area (Å²) in [4.78, 5) is 2.44. The summed E-state index contributed by atoms with van der Waals surface area (Å²) >= 11 is 3.53. The van der Waals surface area contributed by atoms with Gasteiger partial charge in [0.15, 0.2) is 0 Å². The number of nitrogens with one attached hydrogen (secondary N) is 1. The summed E-state index contributed by atoms with van der Waals surface area (Å²) in [6.45, 7) is 10.2. The van der Waals surface area contributed by atoms with Crippen molar-refractivity contribution in [2.24, 2.45) is 0 Å². The van der Waals surface area contributed by atoms with Gasteiger partial charge in [-0.1, -0.05) is 35.0 Å². The molecule has 1 unspecified atom stereocenters. The van der Waals surface area contributed by atoms with Crippen LogP contribution in [0.1, 0.15) is 18.1 Å². The minimum absolute atomic E-state index is 0.324. The molecule has 1 aromatic rings. The largest absolute Gasteiger partial charge is 0.374 e. The predicted molar refractivity (Wildman–Crippen MR) is 82.4 cm³/mol. The number of aryl methyl sites for hydroxylation is 1. The second kappa shape index (κ2) is 7.39. The topological polar surface area (TPSA) is 24.5 Å². The fourth-order valence-corrected chi connectivity index (χ4v) is 2.63. The highest BCUT2D eigenvalue weighted by Gasteiger charge is 2.18. The monoisotopic (exact) mass is 326 g/mol. The number of ether oxygens (including phenoxy) is 1. The lowest BCUT2D eigenvalue weighted by Crippen LogP contribution is -2.46. The molecule has 2 rings (SSSR count). The Morgan fingerprint density at radius 1 is 1.47 bits per heavy atom. The van der Waals surface area contributed by atoms with Gasteiger partial charge >= 0.3 is 0 Å². The zero-order valence-corrected chi connectivity index (χ0v) is 13.4. The van der Waals surface area contributed by atoms with Crippen molar-refractivity contribution in [3.63, 3.8) is 0 Å². The van der Waals surface area contributed by atoms with Crippen LogP contribution in [0.2, 0.25) is 0 Å². The number of nitrogens with zero attached hydrogens (tertiary/aromatic N) is 1. The molecule has 1 N–H and O–H groups in total. The number of benzene rings is 1. The summed E-state index contributed by atoms with van der Waals surface area (Å²) in [6, 6.07) is 6.49. The van der Waals surface area contributed by atoms with Crippen LogP contribution in [0.4, 0.5) is 0 Å². The van der Waals surface area contributed by atoms with Gasteiger partial charge in [-0.05, 0) is 30.7 Å². The first-order chi connectivity index (χ1) is 9.19. The van der Waals surface area contributed by atoms with Crippen molar-refractivity contribution >= 4 is 15.9 Å². The highest BCUT2D eigenvalue weighted by atomic mass is 79.9. The second-order valence-electron chi connectivity index (χ2n) is 5.10. The maximum Gasteiger partial charge on any atom is 0.0826 e. The lowest BCUT2D eigenvalue weighted by Gasteiger charge is -2.32. The lowest BCUT2D eigenvalue weighted by molar-refractivity contribution is -0.0253. The number of likely N-dealkylation sites (N-methyl/N-ethyl adjacent to an activating group) is 1. The van der Waals surface area contributed by atoms with Crippen LogP contribution in [0.3, 0.4) is 0 Å². The Morgan fingerprint density at radius 3 is 3.05 bits per heavy atom. The first kappa shape index (κ1) is 15.0. The normalized spacial score (nSPS) is 20.7. The Kier molecular flexibility index (Phi) is 5.82. The standard InChI is InChI=1S/C15H23BrN2O/c1-3-18-6-7-19-14(11-18)10-17-9-13-4-5-15(16)12(2)8-13/h4-5,8,14,17H,3,6-7,9-11H2,1-2H3. The molecule has 19 heavy (non-hydrogen) atoms. The minimum Gasteiger partial charge on any atom is -0.374 e. The molecule has 1 fully saturated rings. The van der Waals surface area contributed by atoms with E-state index in [0.29, 0.717) is 6.10 Å². The molecule has 1 atom stereocenters. The molecule has 1 aromatic carbocycles. The maximum absolute atomic E-state index is 5.78. The molecule has 4 heteroatoms. The fraction of sp³-hybridized carbons (Fsp3) is 0.600. The van der Waals surface area contributed by atoms with Crippen molar-refractivity contribution in [2.75, 3.05) is 32.8 Å². The molecular weight excluding hydrogens is 304 g/mol. The van der Waals surface area contributed by atoms with Crippen molar-refractivity contribution in [1.29, 1.82) is 0 Å². The van der Waals surface area contributed by atoms with Crippen LogP contribution in [0.5, 0.6) is 0 Å². The molecule has 1 saturated heterocycles. The average Bonchev–Trinajstić information content (AvgIpc) is 2.43. The number of hydrogen-bond donors (Lipinski definition) is 1. The Hall–Kier alpha value is -0.420. The van der Waals surface area contributed by atoms with E-state index < -0.39 is 0 Å². The molecule has 0 aliphatic carbocycles. The SMILES string of the molecule is CCN1CCOC(CNCc2ccc(Br)c(C)c2)C1. The predicted octanol–water partition coefficient (Wildman–Crippen LogP) is 2.57. The van der Waals surface area contributed by atoms with E-state index in [2.05, 4.69) is 58.2 Å². The smallest absolute Gasteiger partial charge is 0.0826 e. The third-order valence-electron chi connectivity index (χ3n) is 3.59. The van der Waals surface area contributed by atoms with Gasteiger partial charge in [-0.2, -0.15) is 0 Å². The molecule has 0 aromatic heterocycles. The Morgan fingerprint density at radius 2 is 2.32 bits per heavy atom. The van der Waals surface area contributed by atoms with E-state index in [1.165, 1.54) is 15.6 Å². The molecule has 0 saturated carbocycles. The van der Waals surface area contributed by atoms with Crippen molar-refractivity contribution in [3.8, 4) is 0 Å². The zero-order chi connectivity index (χ0) is 13.7. The van der Waals surface area contributed by atoms with Crippen LogP contribution < -0.4 is 5.32 Å². The van der Waals surface area contributed by atoms with Crippen LogP contribution in [-0.2, 0) is 11.3 Å². The molecule has 1 heterocycles. The zero-order valence-electron chi connectivity index (χ0n) is 11.8. The lowest BCUT2D eigenvalue weighted by atomic mass is 10.1. The average molecular weight is 327 g/mol. The molecule has 106 valence electrons. The first-order valence-corrected chi connectivity index (χ1v) is 7.78. The summed E-state index contributed by atoms with van der Waals surface area (Å²) in [6.07, 6.45) is 0.324.